The first kappa shape index (κ1) is 17.7. The average molecular weight is 378 g/mol. The lowest BCUT2D eigenvalue weighted by Gasteiger charge is -2.12. The Balaban J connectivity index is 1.81. The van der Waals surface area contributed by atoms with Crippen LogP contribution in [0.15, 0.2) is 73.2 Å². The second kappa shape index (κ2) is 7.11. The predicted molar refractivity (Wildman–Crippen MR) is 102 cm³/mol. The summed E-state index contributed by atoms with van der Waals surface area (Å²) in [5, 5.41) is 6.94. The van der Waals surface area contributed by atoms with Crippen LogP contribution in [0.4, 0.5) is 14.5 Å². The Morgan fingerprint density at radius 2 is 1.79 bits per heavy atom. The molecule has 1 N–H and O–H groups in total. The fourth-order valence-electron chi connectivity index (χ4n) is 2.94. The highest BCUT2D eigenvalue weighted by Crippen LogP contribution is 2.23. The summed E-state index contributed by atoms with van der Waals surface area (Å²) in [6, 6.07) is 13.9. The summed E-state index contributed by atoms with van der Waals surface area (Å²) in [6.07, 6.45) is 4.84. The van der Waals surface area contributed by atoms with Crippen molar-refractivity contribution in [3.8, 4) is 11.5 Å². The second-order valence-electron chi connectivity index (χ2n) is 6.25. The Morgan fingerprint density at radius 3 is 2.54 bits per heavy atom. The quantitative estimate of drug-likeness (QED) is 0.568. The Morgan fingerprint density at radius 1 is 1.04 bits per heavy atom. The molecule has 0 fully saturated rings. The second-order valence-corrected chi connectivity index (χ2v) is 6.25. The number of nitrogens with zero attached hydrogens (tertiary/aromatic N) is 3. The Labute approximate surface area is 159 Å². The number of carbonyl (C=O) groups is 1. The van der Waals surface area contributed by atoms with Gasteiger partial charge in [-0.3, -0.25) is 4.79 Å². The van der Waals surface area contributed by atoms with Gasteiger partial charge in [-0.1, -0.05) is 18.2 Å². The smallest absolute Gasteiger partial charge is 0.261 e. The minimum absolute atomic E-state index is 0.215. The van der Waals surface area contributed by atoms with Crippen molar-refractivity contribution in [3.05, 3.63) is 95.9 Å². The first-order valence-electron chi connectivity index (χ1n) is 8.58. The van der Waals surface area contributed by atoms with Gasteiger partial charge in [0, 0.05) is 18.1 Å². The molecule has 0 saturated carbocycles. The van der Waals surface area contributed by atoms with Crippen LogP contribution in [0.3, 0.4) is 0 Å². The number of carbonyl (C=O) groups excluding carboxylic acids is 1. The number of hydrogen-bond acceptors (Lipinski definition) is 2. The molecule has 28 heavy (non-hydrogen) atoms. The summed E-state index contributed by atoms with van der Waals surface area (Å²) in [7, 11) is 0. The first-order valence-corrected chi connectivity index (χ1v) is 8.58. The molecule has 0 aliphatic heterocycles. The van der Waals surface area contributed by atoms with E-state index in [9.17, 15) is 13.6 Å². The molecule has 140 valence electrons. The van der Waals surface area contributed by atoms with Gasteiger partial charge >= 0.3 is 0 Å². The third kappa shape index (κ3) is 3.18. The van der Waals surface area contributed by atoms with E-state index in [0.717, 1.165) is 5.56 Å². The number of amides is 1. The molecule has 1 amide bonds. The first-order chi connectivity index (χ1) is 13.5. The molecule has 0 aliphatic carbocycles. The summed E-state index contributed by atoms with van der Waals surface area (Å²) in [5.74, 6) is -1.01. The van der Waals surface area contributed by atoms with Crippen LogP contribution in [0.5, 0.6) is 0 Å². The van der Waals surface area contributed by atoms with Crippen molar-refractivity contribution in [1.82, 2.24) is 14.3 Å². The maximum Gasteiger partial charge on any atom is 0.261 e. The van der Waals surface area contributed by atoms with Gasteiger partial charge in [-0.15, -0.1) is 0 Å². The molecule has 0 radical (unpaired) electrons. The molecule has 4 rings (SSSR count). The highest BCUT2D eigenvalue weighted by molar-refractivity contribution is 6.06. The third-order valence-electron chi connectivity index (χ3n) is 4.37. The number of rotatable bonds is 4. The summed E-state index contributed by atoms with van der Waals surface area (Å²) < 4.78 is 30.9. The van der Waals surface area contributed by atoms with Gasteiger partial charge < -0.3 is 9.88 Å². The van der Waals surface area contributed by atoms with Gasteiger partial charge in [0.15, 0.2) is 5.82 Å². The number of aryl methyl sites for hydroxylation is 1. The van der Waals surface area contributed by atoms with E-state index in [1.165, 1.54) is 29.1 Å². The van der Waals surface area contributed by atoms with E-state index in [0.29, 0.717) is 11.5 Å². The largest absolute Gasteiger partial charge is 0.321 e. The molecule has 7 heteroatoms. The fourth-order valence-corrected chi connectivity index (χ4v) is 2.94. The molecular weight excluding hydrogens is 362 g/mol. The van der Waals surface area contributed by atoms with Gasteiger partial charge in [-0.05, 0) is 48.9 Å². The Hall–Kier alpha value is -3.74. The van der Waals surface area contributed by atoms with Crippen molar-refractivity contribution in [2.45, 2.75) is 6.92 Å². The van der Waals surface area contributed by atoms with Gasteiger partial charge in [0.1, 0.15) is 22.9 Å². The molecule has 2 aromatic heterocycles. The number of hydrogen-bond donors (Lipinski definition) is 1. The summed E-state index contributed by atoms with van der Waals surface area (Å²) >= 11 is 0. The van der Waals surface area contributed by atoms with E-state index < -0.39 is 17.5 Å². The van der Waals surface area contributed by atoms with Gasteiger partial charge in [0.25, 0.3) is 5.91 Å². The van der Waals surface area contributed by atoms with Crippen LogP contribution in [0, 0.1) is 18.6 Å². The normalized spacial score (nSPS) is 10.8. The number of nitrogens with one attached hydrogen (secondary N) is 1. The van der Waals surface area contributed by atoms with Crippen molar-refractivity contribution in [2.75, 3.05) is 5.32 Å². The Bertz CT molecular complexity index is 1150. The predicted octanol–water partition coefficient (Wildman–Crippen LogP) is 4.50. The highest BCUT2D eigenvalue weighted by Gasteiger charge is 2.21. The van der Waals surface area contributed by atoms with Gasteiger partial charge in [0.2, 0.25) is 0 Å². The Kier molecular flexibility index (Phi) is 4.49. The van der Waals surface area contributed by atoms with Crippen molar-refractivity contribution in [3.63, 3.8) is 0 Å². The molecule has 4 aromatic rings. The maximum absolute atomic E-state index is 14.3. The van der Waals surface area contributed by atoms with Crippen molar-refractivity contribution >= 4 is 11.6 Å². The van der Waals surface area contributed by atoms with E-state index in [-0.39, 0.29) is 11.3 Å². The summed E-state index contributed by atoms with van der Waals surface area (Å²) in [4.78, 5) is 12.9. The monoisotopic (exact) mass is 378 g/mol. The van der Waals surface area contributed by atoms with Gasteiger partial charge in [-0.2, -0.15) is 5.10 Å². The third-order valence-corrected chi connectivity index (χ3v) is 4.37. The number of halogens is 2. The molecule has 2 aromatic carbocycles. The van der Waals surface area contributed by atoms with E-state index >= 15 is 0 Å². The topological polar surface area (TPSA) is 51.9 Å². The van der Waals surface area contributed by atoms with Crippen LogP contribution in [0.1, 0.15) is 15.9 Å². The van der Waals surface area contributed by atoms with Gasteiger partial charge in [-0.25, -0.2) is 13.5 Å². The number of para-hydroxylation sites is 1. The van der Waals surface area contributed by atoms with Crippen LogP contribution in [-0.2, 0) is 0 Å². The van der Waals surface area contributed by atoms with Crippen molar-refractivity contribution in [1.29, 1.82) is 0 Å². The molecule has 0 bridgehead atoms. The summed E-state index contributed by atoms with van der Waals surface area (Å²) in [6.45, 7) is 1.77. The van der Waals surface area contributed by atoms with Crippen LogP contribution in [0.25, 0.3) is 11.5 Å². The van der Waals surface area contributed by atoms with E-state index in [1.807, 2.05) is 0 Å². The maximum atomic E-state index is 14.3. The molecule has 0 spiro atoms. The minimum atomic E-state index is -0.472. The lowest BCUT2D eigenvalue weighted by Crippen LogP contribution is -2.16. The summed E-state index contributed by atoms with van der Waals surface area (Å²) in [5.41, 5.74) is 1.52. The molecule has 5 nitrogen and oxygen atoms in total. The fraction of sp³-hybridized carbons (Fsp3) is 0.0476. The number of anilines is 1. The zero-order chi connectivity index (χ0) is 19.7. The van der Waals surface area contributed by atoms with E-state index in [1.54, 1.807) is 60.3 Å². The van der Waals surface area contributed by atoms with Crippen LogP contribution in [-0.4, -0.2) is 20.3 Å². The van der Waals surface area contributed by atoms with Crippen molar-refractivity contribution < 1.29 is 13.6 Å². The van der Waals surface area contributed by atoms with E-state index in [2.05, 4.69) is 10.4 Å². The van der Waals surface area contributed by atoms with Crippen LogP contribution in [0.2, 0.25) is 0 Å². The zero-order valence-corrected chi connectivity index (χ0v) is 14.9. The number of aromatic nitrogens is 3. The molecule has 2 heterocycles. The zero-order valence-electron chi connectivity index (χ0n) is 14.9. The standard InChI is InChI=1S/C21H16F2N4O/c1-14-8-9-15(22)12-18(14)25-20(28)16-13-24-27(19-7-3-2-6-17(19)23)21(16)26-10-4-5-11-26/h2-13H,1H3,(H,25,28). The molecule has 0 unspecified atom stereocenters. The highest BCUT2D eigenvalue weighted by atomic mass is 19.1. The molecule has 0 atom stereocenters. The molecule has 0 aliphatic rings. The van der Waals surface area contributed by atoms with Crippen molar-refractivity contribution in [2.24, 2.45) is 0 Å². The molecule has 0 saturated heterocycles. The molecular formula is C21H16F2N4O. The van der Waals surface area contributed by atoms with E-state index in [4.69, 9.17) is 0 Å². The lowest BCUT2D eigenvalue weighted by molar-refractivity contribution is 0.102. The lowest BCUT2D eigenvalue weighted by atomic mass is 10.2. The average Bonchev–Trinajstić information content (AvgIpc) is 3.34. The van der Waals surface area contributed by atoms with Crippen LogP contribution >= 0.6 is 0 Å². The SMILES string of the molecule is Cc1ccc(F)cc1NC(=O)c1cnn(-c2ccccc2F)c1-n1cccc1. The number of benzene rings is 2. The van der Waals surface area contributed by atoms with Crippen LogP contribution < -0.4 is 5.32 Å². The van der Waals surface area contributed by atoms with Gasteiger partial charge in [0.05, 0.1) is 6.20 Å². The minimum Gasteiger partial charge on any atom is -0.321 e.